The zero-order chi connectivity index (χ0) is 74.4. The lowest BCUT2D eigenvalue weighted by Crippen LogP contribution is -2.18. The highest BCUT2D eigenvalue weighted by Gasteiger charge is 2.31. The molecule has 0 spiro atoms. The Morgan fingerprint density at radius 2 is 0.515 bits per heavy atom. The van der Waals surface area contributed by atoms with Gasteiger partial charge in [0.15, 0.2) is 0 Å². The van der Waals surface area contributed by atoms with Crippen LogP contribution in [0.15, 0.2) is 60.7 Å². The molecule has 11 heteroatoms. The molecular weight excluding hydrogens is 1210 g/mol. The van der Waals surface area contributed by atoms with Gasteiger partial charge in [0, 0.05) is 19.3 Å². The molecule has 5 aromatic rings. The van der Waals surface area contributed by atoms with E-state index in [-0.39, 0.29) is 87.3 Å². The van der Waals surface area contributed by atoms with E-state index >= 15 is 0 Å². The third-order valence-electron chi connectivity index (χ3n) is 17.7. The lowest BCUT2D eigenvalue weighted by atomic mass is 9.77. The molecule has 5 rings (SSSR count). The minimum absolute atomic E-state index is 0.118. The summed E-state index contributed by atoms with van der Waals surface area (Å²) in [5.74, 6) is 1.93. The molecule has 0 atom stereocenters. The van der Waals surface area contributed by atoms with Crippen LogP contribution in [0.5, 0.6) is 28.7 Å². The Morgan fingerprint density at radius 1 is 0.309 bits per heavy atom. The number of unbranched alkanes of at least 4 members (excludes halogenated alkanes) is 3. The van der Waals surface area contributed by atoms with Gasteiger partial charge in [0.05, 0.1) is 19.8 Å². The number of carbonyl (C=O) groups is 3. The number of phenolic OH excluding ortho intramolecular Hbond substituents is 5. The molecule has 0 aliphatic carbocycles. The molecule has 0 radical (unpaired) electrons. The molecule has 542 valence electrons. The smallest absolute Gasteiger partial charge is 0.306 e. The molecule has 0 bridgehead atoms. The maximum absolute atomic E-state index is 12.4. The summed E-state index contributed by atoms with van der Waals surface area (Å²) >= 11 is 0. The molecule has 0 unspecified atom stereocenters. The standard InChI is InChI=1S/C35H52O6.C26H38O2.C25H42O3/c1-23-19-24(20-26(31(23)38)33(2,3)4)13-15-29(36)40-17-11-12-18-41-30(37)16-14-25-21-27(34(5,6)7)32(39)28(22-25)35(8,9)10;1-16-11-17(13-19(22(16)27)24(2,3)4)12-18-14-20(25(5,6)7)23(28)21(15-18)26(8,9)10;1-18(2)12-10-9-11-15-28-22(26)14-13-19-16-20(24(3,4)5)23(27)21(17-19)25(6,7)8/h19-22,38-39H,11-18H2,1-10H3;11,13-15,27-28H,12H2,1-10H3;16-18,27H,9-15H2,1-8H3. The fraction of sp³-hybridized carbons (Fsp3) is 0.616. The van der Waals surface area contributed by atoms with Gasteiger partial charge in [0.25, 0.3) is 0 Å². The molecular formula is C86H132O11. The lowest BCUT2D eigenvalue weighted by Gasteiger charge is -2.28. The van der Waals surface area contributed by atoms with E-state index in [2.05, 4.69) is 204 Å². The summed E-state index contributed by atoms with van der Waals surface area (Å²) in [6.07, 6.45) is 9.16. The highest BCUT2D eigenvalue weighted by atomic mass is 16.5. The van der Waals surface area contributed by atoms with E-state index in [9.17, 15) is 39.9 Å². The minimum Gasteiger partial charge on any atom is -0.507 e. The van der Waals surface area contributed by atoms with Gasteiger partial charge in [0.1, 0.15) is 28.7 Å². The number of hydrogen-bond acceptors (Lipinski definition) is 11. The third-order valence-corrected chi connectivity index (χ3v) is 17.7. The average molecular weight is 1340 g/mol. The Labute approximate surface area is 588 Å². The first-order chi connectivity index (χ1) is 44.1. The lowest BCUT2D eigenvalue weighted by molar-refractivity contribution is -0.146. The summed E-state index contributed by atoms with van der Waals surface area (Å²) in [6, 6.07) is 20.5. The van der Waals surface area contributed by atoms with Gasteiger partial charge in [-0.05, 0) is 191 Å². The van der Waals surface area contributed by atoms with E-state index in [0.29, 0.717) is 73.9 Å². The van der Waals surface area contributed by atoms with Crippen LogP contribution in [-0.4, -0.2) is 63.3 Å². The van der Waals surface area contributed by atoms with Crippen molar-refractivity contribution >= 4 is 17.9 Å². The summed E-state index contributed by atoms with van der Waals surface area (Å²) in [7, 11) is 0. The maximum atomic E-state index is 12.4. The molecule has 0 aliphatic heterocycles. The van der Waals surface area contributed by atoms with Crippen molar-refractivity contribution in [1.29, 1.82) is 0 Å². The van der Waals surface area contributed by atoms with Crippen LogP contribution in [0.2, 0.25) is 0 Å². The second kappa shape index (κ2) is 34.5. The van der Waals surface area contributed by atoms with Crippen LogP contribution >= 0.6 is 0 Å². The van der Waals surface area contributed by atoms with E-state index < -0.39 is 0 Å². The first kappa shape index (κ1) is 84.7. The van der Waals surface area contributed by atoms with Gasteiger partial charge in [-0.1, -0.05) is 260 Å². The summed E-state index contributed by atoms with van der Waals surface area (Å²) < 4.78 is 16.2. The van der Waals surface area contributed by atoms with Gasteiger partial charge in [0.2, 0.25) is 0 Å². The third kappa shape index (κ3) is 27.3. The number of phenols is 5. The predicted octanol–water partition coefficient (Wildman–Crippen LogP) is 21.3. The Balaban J connectivity index is 0.000000390. The zero-order valence-corrected chi connectivity index (χ0v) is 65.9. The van der Waals surface area contributed by atoms with Gasteiger partial charge < -0.3 is 39.7 Å². The highest BCUT2D eigenvalue weighted by molar-refractivity contribution is 5.71. The minimum atomic E-state index is -0.261. The molecule has 11 nitrogen and oxygen atoms in total. The van der Waals surface area contributed by atoms with E-state index in [4.69, 9.17) is 14.2 Å². The summed E-state index contributed by atoms with van der Waals surface area (Å²) in [6.45, 7) is 59.8. The van der Waals surface area contributed by atoms with Crippen molar-refractivity contribution in [2.45, 2.75) is 321 Å². The molecule has 0 amide bonds. The van der Waals surface area contributed by atoms with Crippen LogP contribution in [0.3, 0.4) is 0 Å². The van der Waals surface area contributed by atoms with Crippen LogP contribution in [0.4, 0.5) is 0 Å². The maximum Gasteiger partial charge on any atom is 0.306 e. The van der Waals surface area contributed by atoms with Crippen LogP contribution in [0, 0.1) is 19.8 Å². The molecule has 5 aromatic carbocycles. The zero-order valence-electron chi connectivity index (χ0n) is 65.9. The summed E-state index contributed by atoms with van der Waals surface area (Å²) in [4.78, 5) is 36.7. The van der Waals surface area contributed by atoms with Crippen LogP contribution in [0.25, 0.3) is 0 Å². The van der Waals surface area contributed by atoms with E-state index in [0.717, 1.165) is 97.5 Å². The second-order valence-electron chi connectivity index (χ2n) is 36.0. The van der Waals surface area contributed by atoms with E-state index in [1.54, 1.807) is 0 Å². The second-order valence-corrected chi connectivity index (χ2v) is 36.0. The van der Waals surface area contributed by atoms with Crippen molar-refractivity contribution < 1.29 is 54.1 Å². The number of aryl methyl sites for hydroxylation is 5. The number of ether oxygens (including phenoxy) is 3. The van der Waals surface area contributed by atoms with Gasteiger partial charge in [-0.25, -0.2) is 0 Å². The number of carbonyl (C=O) groups excluding carboxylic acids is 3. The van der Waals surface area contributed by atoms with Gasteiger partial charge in [-0.2, -0.15) is 0 Å². The van der Waals surface area contributed by atoms with Crippen molar-refractivity contribution in [2.75, 3.05) is 19.8 Å². The Morgan fingerprint density at radius 3 is 0.763 bits per heavy atom. The first-order valence-electron chi connectivity index (χ1n) is 35.9. The Hall–Kier alpha value is -6.49. The number of benzene rings is 5. The number of hydrogen-bond donors (Lipinski definition) is 5. The molecule has 5 N–H and O–H groups in total. The monoisotopic (exact) mass is 1340 g/mol. The SMILES string of the molecule is CC(C)CCCCCOC(=O)CCc1cc(C(C)(C)C)c(O)c(C(C)(C)C)c1.Cc1cc(CCC(=O)OCCCCOC(=O)CCc2cc(C(C)(C)C)c(O)c(C(C)(C)C)c2)cc(C(C)(C)C)c1O.Cc1cc(Cc2cc(C(C)(C)C)c(O)c(C(C)(C)C)c2)cc(C(C)(C)C)c1O. The molecule has 97 heavy (non-hydrogen) atoms. The largest absolute Gasteiger partial charge is 0.507 e. The van der Waals surface area contributed by atoms with Crippen molar-refractivity contribution in [3.05, 3.63) is 144 Å². The molecule has 0 heterocycles. The van der Waals surface area contributed by atoms with Crippen molar-refractivity contribution in [3.63, 3.8) is 0 Å². The van der Waals surface area contributed by atoms with Crippen LogP contribution in [0.1, 0.15) is 321 Å². The molecule has 0 saturated carbocycles. The van der Waals surface area contributed by atoms with Gasteiger partial charge in [-0.15, -0.1) is 0 Å². The van der Waals surface area contributed by atoms with Crippen molar-refractivity contribution in [1.82, 2.24) is 0 Å². The molecule has 0 aromatic heterocycles. The first-order valence-corrected chi connectivity index (χ1v) is 35.9. The van der Waals surface area contributed by atoms with Gasteiger partial charge in [-0.3, -0.25) is 14.4 Å². The fourth-order valence-corrected chi connectivity index (χ4v) is 11.8. The van der Waals surface area contributed by atoms with Crippen molar-refractivity contribution in [3.8, 4) is 28.7 Å². The van der Waals surface area contributed by atoms with Gasteiger partial charge >= 0.3 is 17.9 Å². The van der Waals surface area contributed by atoms with E-state index in [1.807, 2.05) is 50.2 Å². The number of esters is 3. The number of rotatable bonds is 22. The fourth-order valence-electron chi connectivity index (χ4n) is 11.8. The normalized spacial score (nSPS) is 12.6. The quantitative estimate of drug-likeness (QED) is 0.0253. The summed E-state index contributed by atoms with van der Waals surface area (Å²) in [5.41, 5.74) is 13.3. The molecule has 0 saturated heterocycles. The highest BCUT2D eigenvalue weighted by Crippen LogP contribution is 2.44. The van der Waals surface area contributed by atoms with Crippen molar-refractivity contribution in [2.24, 2.45) is 5.92 Å². The predicted molar refractivity (Wildman–Crippen MR) is 403 cm³/mol. The average Bonchev–Trinajstić information content (AvgIpc) is 0.806. The van der Waals surface area contributed by atoms with Crippen LogP contribution < -0.4 is 0 Å². The summed E-state index contributed by atoms with van der Waals surface area (Å²) in [5, 5.41) is 53.5. The molecule has 0 fully saturated rings. The molecule has 0 aliphatic rings. The Bertz CT molecular complexity index is 3300. The van der Waals surface area contributed by atoms with E-state index in [1.165, 1.54) is 24.0 Å². The number of aromatic hydroxyl groups is 5. The van der Waals surface area contributed by atoms with Crippen LogP contribution in [-0.2, 0) is 97.6 Å². The topological polar surface area (TPSA) is 180 Å². The Kier molecular flexibility index (Phi) is 30.2.